The number of fused-ring (bicyclic) bond motifs is 1. The van der Waals surface area contributed by atoms with Crippen LogP contribution in [0.15, 0.2) is 18.2 Å². The molecule has 4 amide bonds. The molecule has 1 saturated heterocycles. The van der Waals surface area contributed by atoms with E-state index in [-0.39, 0.29) is 32.3 Å². The monoisotopic (exact) mass is 349 g/mol. The van der Waals surface area contributed by atoms with Gasteiger partial charge in [0.15, 0.2) is 11.5 Å². The van der Waals surface area contributed by atoms with Gasteiger partial charge in [0.2, 0.25) is 12.7 Å². The van der Waals surface area contributed by atoms with Gasteiger partial charge in [-0.15, -0.1) is 0 Å². The maximum Gasteiger partial charge on any atom is 0.325 e. The normalized spacial score (nSPS) is 18.4. The van der Waals surface area contributed by atoms with Crippen molar-refractivity contribution in [3.05, 3.63) is 23.8 Å². The summed E-state index contributed by atoms with van der Waals surface area (Å²) >= 11 is 0. The molecule has 3 N–H and O–H groups in total. The highest BCUT2D eigenvalue weighted by Crippen LogP contribution is 2.33. The number of aliphatic hydroxyl groups is 1. The van der Waals surface area contributed by atoms with E-state index in [4.69, 9.17) is 14.6 Å². The Bertz CT molecular complexity index is 692. The molecular weight excluding hydrogens is 330 g/mol. The fraction of sp³-hybridized carbons (Fsp3) is 0.438. The Morgan fingerprint density at radius 1 is 1.32 bits per heavy atom. The molecule has 0 aromatic heterocycles. The predicted molar refractivity (Wildman–Crippen MR) is 84.8 cm³/mol. The second-order valence-electron chi connectivity index (χ2n) is 5.75. The third-order valence-electron chi connectivity index (χ3n) is 3.93. The Labute approximate surface area is 143 Å². The van der Waals surface area contributed by atoms with Crippen molar-refractivity contribution in [2.75, 3.05) is 19.9 Å². The third-order valence-corrected chi connectivity index (χ3v) is 3.93. The average Bonchev–Trinajstić information content (AvgIpc) is 3.15. The van der Waals surface area contributed by atoms with Gasteiger partial charge in [-0.2, -0.15) is 0 Å². The Balaban J connectivity index is 1.58. The quantitative estimate of drug-likeness (QED) is 0.461. The van der Waals surface area contributed by atoms with Gasteiger partial charge in [-0.05, 0) is 24.1 Å². The van der Waals surface area contributed by atoms with E-state index in [1.54, 1.807) is 18.2 Å². The van der Waals surface area contributed by atoms with Crippen LogP contribution in [0.4, 0.5) is 4.79 Å². The number of urea groups is 1. The minimum Gasteiger partial charge on any atom is -0.454 e. The minimum absolute atomic E-state index is 0.0251. The largest absolute Gasteiger partial charge is 0.454 e. The maximum absolute atomic E-state index is 12.4. The summed E-state index contributed by atoms with van der Waals surface area (Å²) in [6, 6.07) is 3.79. The van der Waals surface area contributed by atoms with E-state index in [0.717, 1.165) is 10.5 Å². The summed E-state index contributed by atoms with van der Waals surface area (Å²) in [5.74, 6) is 0.403. The van der Waals surface area contributed by atoms with Crippen LogP contribution in [-0.4, -0.2) is 53.8 Å². The number of amides is 4. The number of nitrogens with zero attached hydrogens (tertiary/aromatic N) is 1. The first-order valence-electron chi connectivity index (χ1n) is 7.96. The van der Waals surface area contributed by atoms with Gasteiger partial charge in [0.1, 0.15) is 6.04 Å². The van der Waals surface area contributed by atoms with Crippen LogP contribution in [0.5, 0.6) is 11.5 Å². The average molecular weight is 349 g/mol. The highest BCUT2D eigenvalue weighted by Gasteiger charge is 2.39. The SMILES string of the molecule is O=C(CC1NC(=O)N(Cc2ccc3c(c2)OCO3)C1=O)NCCCO. The van der Waals surface area contributed by atoms with Crippen LogP contribution >= 0.6 is 0 Å². The zero-order valence-corrected chi connectivity index (χ0v) is 13.5. The summed E-state index contributed by atoms with van der Waals surface area (Å²) < 4.78 is 10.5. The van der Waals surface area contributed by atoms with E-state index < -0.39 is 18.0 Å². The van der Waals surface area contributed by atoms with Crippen LogP contribution in [0.25, 0.3) is 0 Å². The van der Waals surface area contributed by atoms with Crippen LogP contribution in [0.3, 0.4) is 0 Å². The summed E-state index contributed by atoms with van der Waals surface area (Å²) in [5.41, 5.74) is 0.723. The van der Waals surface area contributed by atoms with Gasteiger partial charge in [0.05, 0.1) is 13.0 Å². The second-order valence-corrected chi connectivity index (χ2v) is 5.75. The van der Waals surface area contributed by atoms with Crippen LogP contribution in [0, 0.1) is 0 Å². The van der Waals surface area contributed by atoms with Crippen molar-refractivity contribution in [2.24, 2.45) is 0 Å². The van der Waals surface area contributed by atoms with Gasteiger partial charge < -0.3 is 25.2 Å². The van der Waals surface area contributed by atoms with Crippen molar-refractivity contribution in [3.63, 3.8) is 0 Å². The zero-order valence-electron chi connectivity index (χ0n) is 13.5. The molecule has 2 aliphatic heterocycles. The molecule has 0 saturated carbocycles. The Hall–Kier alpha value is -2.81. The Morgan fingerprint density at radius 2 is 2.12 bits per heavy atom. The minimum atomic E-state index is -0.879. The number of ether oxygens (including phenoxy) is 2. The fourth-order valence-electron chi connectivity index (χ4n) is 2.65. The smallest absolute Gasteiger partial charge is 0.325 e. The molecule has 2 aliphatic rings. The third kappa shape index (κ3) is 3.82. The van der Waals surface area contributed by atoms with E-state index in [2.05, 4.69) is 10.6 Å². The molecule has 1 fully saturated rings. The van der Waals surface area contributed by atoms with Gasteiger partial charge in [0, 0.05) is 13.2 Å². The molecule has 0 bridgehead atoms. The number of carbonyl (C=O) groups is 3. The van der Waals surface area contributed by atoms with Crippen molar-refractivity contribution < 1.29 is 29.0 Å². The molecule has 134 valence electrons. The lowest BCUT2D eigenvalue weighted by atomic mass is 10.1. The first-order chi connectivity index (χ1) is 12.1. The molecule has 1 unspecified atom stereocenters. The van der Waals surface area contributed by atoms with Gasteiger partial charge in [0.25, 0.3) is 5.91 Å². The first kappa shape index (κ1) is 17.0. The van der Waals surface area contributed by atoms with Crippen molar-refractivity contribution in [2.45, 2.75) is 25.4 Å². The molecule has 2 heterocycles. The molecule has 0 aliphatic carbocycles. The van der Waals surface area contributed by atoms with Gasteiger partial charge in [-0.25, -0.2) is 4.79 Å². The number of nitrogens with one attached hydrogen (secondary N) is 2. The summed E-state index contributed by atoms with van der Waals surface area (Å²) in [4.78, 5) is 37.3. The van der Waals surface area contributed by atoms with E-state index >= 15 is 0 Å². The van der Waals surface area contributed by atoms with E-state index in [1.165, 1.54) is 0 Å². The zero-order chi connectivity index (χ0) is 17.8. The van der Waals surface area contributed by atoms with E-state index in [9.17, 15) is 14.4 Å². The number of aliphatic hydroxyl groups excluding tert-OH is 1. The molecule has 9 nitrogen and oxygen atoms in total. The lowest BCUT2D eigenvalue weighted by Crippen LogP contribution is -2.36. The molecule has 3 rings (SSSR count). The Morgan fingerprint density at radius 3 is 2.92 bits per heavy atom. The number of hydrogen-bond acceptors (Lipinski definition) is 6. The molecule has 0 spiro atoms. The topological polar surface area (TPSA) is 117 Å². The molecule has 9 heteroatoms. The highest BCUT2D eigenvalue weighted by atomic mass is 16.7. The van der Waals surface area contributed by atoms with Gasteiger partial charge >= 0.3 is 6.03 Å². The molecule has 1 atom stereocenters. The molecule has 1 aromatic carbocycles. The maximum atomic E-state index is 12.4. The highest BCUT2D eigenvalue weighted by molar-refractivity contribution is 6.05. The number of carbonyl (C=O) groups excluding carboxylic acids is 3. The summed E-state index contributed by atoms with van der Waals surface area (Å²) in [7, 11) is 0. The first-order valence-corrected chi connectivity index (χ1v) is 7.96. The number of imide groups is 1. The summed E-state index contributed by atoms with van der Waals surface area (Å²) in [5, 5.41) is 13.8. The standard InChI is InChI=1S/C16H19N3O6/c20-5-1-4-17-14(21)7-11-15(22)19(16(23)18-11)8-10-2-3-12-13(6-10)25-9-24-12/h2-3,6,11,20H,1,4-5,7-9H2,(H,17,21)(H,18,23). The van der Waals surface area contributed by atoms with Crippen molar-refractivity contribution >= 4 is 17.8 Å². The summed E-state index contributed by atoms with van der Waals surface area (Å²) in [6.45, 7) is 0.535. The molecule has 1 aromatic rings. The van der Waals surface area contributed by atoms with Gasteiger partial charge in [-0.3, -0.25) is 14.5 Å². The fourth-order valence-corrected chi connectivity index (χ4v) is 2.65. The van der Waals surface area contributed by atoms with E-state index in [1.807, 2.05) is 0 Å². The predicted octanol–water partition coefficient (Wildman–Crippen LogP) is -0.276. The lowest BCUT2D eigenvalue weighted by molar-refractivity contribution is -0.131. The molecule has 25 heavy (non-hydrogen) atoms. The Kier molecular flexibility index (Phi) is 5.03. The molecular formula is C16H19N3O6. The molecule has 0 radical (unpaired) electrons. The van der Waals surface area contributed by atoms with Crippen LogP contribution in [0.1, 0.15) is 18.4 Å². The van der Waals surface area contributed by atoms with Crippen LogP contribution in [0.2, 0.25) is 0 Å². The van der Waals surface area contributed by atoms with Crippen LogP contribution in [-0.2, 0) is 16.1 Å². The number of hydrogen-bond donors (Lipinski definition) is 3. The summed E-state index contributed by atoms with van der Waals surface area (Å²) in [6.07, 6.45) is 0.306. The van der Waals surface area contributed by atoms with Crippen molar-refractivity contribution in [1.82, 2.24) is 15.5 Å². The number of rotatable bonds is 7. The van der Waals surface area contributed by atoms with Crippen LogP contribution < -0.4 is 20.1 Å². The van der Waals surface area contributed by atoms with Crippen molar-refractivity contribution in [3.8, 4) is 11.5 Å². The van der Waals surface area contributed by atoms with Gasteiger partial charge in [-0.1, -0.05) is 6.07 Å². The lowest BCUT2D eigenvalue weighted by Gasteiger charge is -2.13. The van der Waals surface area contributed by atoms with Crippen molar-refractivity contribution in [1.29, 1.82) is 0 Å². The second kappa shape index (κ2) is 7.39. The van der Waals surface area contributed by atoms with E-state index in [0.29, 0.717) is 24.5 Å². The number of benzene rings is 1.